The lowest BCUT2D eigenvalue weighted by Gasteiger charge is -2.18. The minimum absolute atomic E-state index is 0.0864. The molecule has 0 spiro atoms. The largest absolute Gasteiger partial charge is 0.462 e. The molecule has 0 saturated heterocycles. The Balaban J connectivity index is 4.14. The lowest BCUT2D eigenvalue weighted by Crippen LogP contribution is -2.30. The Morgan fingerprint density at radius 1 is 0.393 bits per heavy atom. The predicted molar refractivity (Wildman–Crippen MR) is 242 cm³/mol. The number of carbonyl (C=O) groups excluding carboxylic acids is 2. The summed E-state index contributed by atoms with van der Waals surface area (Å²) in [6.45, 7) is 7.81. The normalized spacial score (nSPS) is 12.3. The Kier molecular flexibility index (Phi) is 46.4. The minimum Gasteiger partial charge on any atom is -0.462 e. The Labute approximate surface area is 349 Å². The summed E-state index contributed by atoms with van der Waals surface area (Å²) in [6.07, 6.45) is 54.7. The molecule has 1 unspecified atom stereocenters. The molecule has 5 nitrogen and oxygen atoms in total. The van der Waals surface area contributed by atoms with Gasteiger partial charge in [0, 0.05) is 19.4 Å². The molecule has 0 rings (SSSR count). The average molecular weight is 789 g/mol. The van der Waals surface area contributed by atoms with Crippen LogP contribution in [0.5, 0.6) is 0 Å². The first kappa shape index (κ1) is 54.4. The molecule has 0 bridgehead atoms. The fraction of sp³-hybridized carbons (Fsp3) is 0.882. The van der Waals surface area contributed by atoms with Gasteiger partial charge in [0.15, 0.2) is 6.10 Å². The van der Waals surface area contributed by atoms with Crippen molar-refractivity contribution in [3.63, 3.8) is 0 Å². The number of hydrogen-bond donors (Lipinski definition) is 0. The molecule has 0 aliphatic heterocycles. The van der Waals surface area contributed by atoms with Crippen LogP contribution in [0.25, 0.3) is 0 Å². The number of allylic oxidation sites excluding steroid dienone is 4. The van der Waals surface area contributed by atoms with Crippen LogP contribution in [0.4, 0.5) is 0 Å². The molecular formula is C51H96O5. The van der Waals surface area contributed by atoms with E-state index in [9.17, 15) is 9.59 Å². The third kappa shape index (κ3) is 45.1. The van der Waals surface area contributed by atoms with Gasteiger partial charge in [-0.05, 0) is 51.4 Å². The highest BCUT2D eigenvalue weighted by molar-refractivity contribution is 5.70. The van der Waals surface area contributed by atoms with E-state index in [2.05, 4.69) is 45.1 Å². The van der Waals surface area contributed by atoms with Crippen molar-refractivity contribution in [1.82, 2.24) is 0 Å². The van der Waals surface area contributed by atoms with Crippen LogP contribution in [-0.2, 0) is 23.8 Å². The maximum Gasteiger partial charge on any atom is 0.306 e. The molecule has 0 saturated carbocycles. The molecule has 330 valence electrons. The highest BCUT2D eigenvalue weighted by Crippen LogP contribution is 2.15. The lowest BCUT2D eigenvalue weighted by molar-refractivity contribution is -0.163. The summed E-state index contributed by atoms with van der Waals surface area (Å²) in [5.41, 5.74) is 0. The summed E-state index contributed by atoms with van der Waals surface area (Å²) in [4.78, 5) is 25.3. The van der Waals surface area contributed by atoms with Crippen LogP contribution in [-0.4, -0.2) is 37.9 Å². The Hall–Kier alpha value is -1.62. The molecule has 56 heavy (non-hydrogen) atoms. The highest BCUT2D eigenvalue weighted by atomic mass is 16.6. The van der Waals surface area contributed by atoms with E-state index in [1.165, 1.54) is 173 Å². The van der Waals surface area contributed by atoms with Gasteiger partial charge in [-0.1, -0.05) is 225 Å². The van der Waals surface area contributed by atoms with E-state index in [-0.39, 0.29) is 25.2 Å². The smallest absolute Gasteiger partial charge is 0.306 e. The van der Waals surface area contributed by atoms with E-state index in [0.717, 1.165) is 57.8 Å². The molecule has 0 aromatic carbocycles. The number of rotatable bonds is 46. The molecule has 0 radical (unpaired) electrons. The van der Waals surface area contributed by atoms with Gasteiger partial charge in [0.2, 0.25) is 0 Å². The average Bonchev–Trinajstić information content (AvgIpc) is 3.20. The van der Waals surface area contributed by atoms with E-state index in [1.807, 2.05) is 0 Å². The first-order valence-corrected chi connectivity index (χ1v) is 24.9. The van der Waals surface area contributed by atoms with Gasteiger partial charge < -0.3 is 14.2 Å². The van der Waals surface area contributed by atoms with Gasteiger partial charge in [-0.15, -0.1) is 0 Å². The van der Waals surface area contributed by atoms with Crippen molar-refractivity contribution in [2.45, 2.75) is 271 Å². The second kappa shape index (κ2) is 47.8. The van der Waals surface area contributed by atoms with E-state index in [1.54, 1.807) is 0 Å². The summed E-state index contributed by atoms with van der Waals surface area (Å²) in [5.74, 6) is -0.399. The van der Waals surface area contributed by atoms with Crippen LogP contribution in [0.15, 0.2) is 24.3 Å². The molecule has 0 heterocycles. The monoisotopic (exact) mass is 789 g/mol. The minimum atomic E-state index is -0.533. The number of hydrogen-bond acceptors (Lipinski definition) is 5. The van der Waals surface area contributed by atoms with E-state index >= 15 is 0 Å². The third-order valence-corrected chi connectivity index (χ3v) is 11.0. The van der Waals surface area contributed by atoms with E-state index in [4.69, 9.17) is 14.2 Å². The zero-order chi connectivity index (χ0) is 40.7. The predicted octanol–water partition coefficient (Wildman–Crippen LogP) is 16.5. The second-order valence-electron chi connectivity index (χ2n) is 16.7. The van der Waals surface area contributed by atoms with Crippen LogP contribution < -0.4 is 0 Å². The van der Waals surface area contributed by atoms with Crippen LogP contribution in [0.2, 0.25) is 0 Å². The van der Waals surface area contributed by atoms with Crippen molar-refractivity contribution in [2.24, 2.45) is 0 Å². The summed E-state index contributed by atoms with van der Waals surface area (Å²) >= 11 is 0. The van der Waals surface area contributed by atoms with Crippen molar-refractivity contribution in [3.8, 4) is 0 Å². The van der Waals surface area contributed by atoms with Gasteiger partial charge in [0.1, 0.15) is 6.61 Å². The third-order valence-electron chi connectivity index (χ3n) is 11.0. The number of ether oxygens (including phenoxy) is 3. The maximum atomic E-state index is 12.7. The molecule has 0 fully saturated rings. The summed E-state index contributed by atoms with van der Waals surface area (Å²) < 4.78 is 17.3. The van der Waals surface area contributed by atoms with Crippen molar-refractivity contribution in [1.29, 1.82) is 0 Å². The lowest BCUT2D eigenvalue weighted by atomic mass is 10.0. The van der Waals surface area contributed by atoms with Crippen molar-refractivity contribution < 1.29 is 23.8 Å². The van der Waals surface area contributed by atoms with Gasteiger partial charge in [0.25, 0.3) is 0 Å². The van der Waals surface area contributed by atoms with E-state index < -0.39 is 6.10 Å². The van der Waals surface area contributed by atoms with Gasteiger partial charge in [-0.25, -0.2) is 0 Å². The summed E-state index contributed by atoms with van der Waals surface area (Å²) in [6, 6.07) is 0. The molecule has 0 aliphatic carbocycles. The van der Waals surface area contributed by atoms with Crippen molar-refractivity contribution >= 4 is 11.9 Å². The second-order valence-corrected chi connectivity index (χ2v) is 16.7. The first-order chi connectivity index (χ1) is 27.6. The van der Waals surface area contributed by atoms with E-state index in [0.29, 0.717) is 19.4 Å². The van der Waals surface area contributed by atoms with Gasteiger partial charge in [0.05, 0.1) is 6.61 Å². The van der Waals surface area contributed by atoms with Crippen LogP contribution in [0.3, 0.4) is 0 Å². The number of unbranched alkanes of at least 4 members (excludes halogenated alkanes) is 31. The van der Waals surface area contributed by atoms with Gasteiger partial charge >= 0.3 is 11.9 Å². The molecule has 0 aliphatic rings. The molecule has 0 aromatic heterocycles. The summed E-state index contributed by atoms with van der Waals surface area (Å²) in [5, 5.41) is 0. The highest BCUT2D eigenvalue weighted by Gasteiger charge is 2.17. The fourth-order valence-corrected chi connectivity index (χ4v) is 7.25. The zero-order valence-electron chi connectivity index (χ0n) is 37.9. The van der Waals surface area contributed by atoms with Crippen molar-refractivity contribution in [3.05, 3.63) is 24.3 Å². The zero-order valence-corrected chi connectivity index (χ0v) is 37.9. The van der Waals surface area contributed by atoms with Crippen LogP contribution in [0.1, 0.15) is 265 Å². The maximum absolute atomic E-state index is 12.7. The van der Waals surface area contributed by atoms with Crippen LogP contribution in [0, 0.1) is 0 Å². The molecular weight excluding hydrogens is 693 g/mol. The van der Waals surface area contributed by atoms with Crippen molar-refractivity contribution in [2.75, 3.05) is 19.8 Å². The number of carbonyl (C=O) groups is 2. The topological polar surface area (TPSA) is 61.8 Å². The molecule has 0 N–H and O–H groups in total. The number of esters is 2. The molecule has 0 amide bonds. The SMILES string of the molecule is CCCCC/C=C\C/C=C\CCCCCCCC(=O)OC(COCCCCCCCCCC)COC(=O)CCCCCCCCCCCCCCCCCCC. The summed E-state index contributed by atoms with van der Waals surface area (Å²) in [7, 11) is 0. The molecule has 5 heteroatoms. The van der Waals surface area contributed by atoms with Gasteiger partial charge in [-0.2, -0.15) is 0 Å². The molecule has 1 atom stereocenters. The first-order valence-electron chi connectivity index (χ1n) is 24.9. The Morgan fingerprint density at radius 3 is 1.21 bits per heavy atom. The Morgan fingerprint density at radius 2 is 0.750 bits per heavy atom. The molecule has 0 aromatic rings. The standard InChI is InChI=1S/C51H96O5/c1-4-7-10-13-16-19-21-23-25-26-28-29-31-33-35-38-41-44-50(52)55-48-49(47-54-46-43-40-37-18-15-12-9-6-3)56-51(53)45-42-39-36-34-32-30-27-24-22-20-17-14-11-8-5-2/h17,20,24,27,49H,4-16,18-19,21-23,25-26,28-48H2,1-3H3/b20-17-,27-24-. The van der Waals surface area contributed by atoms with Crippen LogP contribution >= 0.6 is 0 Å². The van der Waals surface area contributed by atoms with Gasteiger partial charge in [-0.3, -0.25) is 9.59 Å². The Bertz CT molecular complexity index is 851. The quantitative estimate of drug-likeness (QED) is 0.0349. The fourth-order valence-electron chi connectivity index (χ4n) is 7.25.